The lowest BCUT2D eigenvalue weighted by molar-refractivity contribution is -0.121. The number of aliphatic imine (C=N–C) groups is 1. The summed E-state index contributed by atoms with van der Waals surface area (Å²) in [5, 5.41) is 10.2. The van der Waals surface area contributed by atoms with Gasteiger partial charge in [-0.2, -0.15) is 0 Å². The van der Waals surface area contributed by atoms with Gasteiger partial charge in [-0.1, -0.05) is 23.2 Å². The van der Waals surface area contributed by atoms with Crippen LogP contribution < -0.4 is 16.0 Å². The minimum absolute atomic E-state index is 0. The lowest BCUT2D eigenvalue weighted by atomic mass is 10.1. The van der Waals surface area contributed by atoms with E-state index >= 15 is 0 Å². The van der Waals surface area contributed by atoms with Gasteiger partial charge in [0, 0.05) is 29.2 Å². The van der Waals surface area contributed by atoms with Gasteiger partial charge in [0.2, 0.25) is 5.91 Å². The highest BCUT2D eigenvalue weighted by molar-refractivity contribution is 14.0. The van der Waals surface area contributed by atoms with E-state index in [1.807, 2.05) is 32.9 Å². The van der Waals surface area contributed by atoms with Crippen LogP contribution in [-0.4, -0.2) is 37.5 Å². The van der Waals surface area contributed by atoms with Crippen LogP contribution in [0.25, 0.3) is 0 Å². The molecule has 24 heavy (non-hydrogen) atoms. The van der Waals surface area contributed by atoms with E-state index in [1.54, 1.807) is 13.1 Å². The highest BCUT2D eigenvalue weighted by atomic mass is 127. The first-order chi connectivity index (χ1) is 10.7. The molecular formula is C16H25Cl2IN4O. The zero-order valence-corrected chi connectivity index (χ0v) is 18.2. The first-order valence-electron chi connectivity index (χ1n) is 7.40. The van der Waals surface area contributed by atoms with Crippen LogP contribution in [-0.2, 0) is 11.2 Å². The number of nitrogens with zero attached hydrogens (tertiary/aromatic N) is 1. The summed E-state index contributed by atoms with van der Waals surface area (Å²) in [6.45, 7) is 6.63. The van der Waals surface area contributed by atoms with E-state index in [-0.39, 0.29) is 42.0 Å². The molecule has 0 aromatic heterocycles. The van der Waals surface area contributed by atoms with Crippen LogP contribution in [0.4, 0.5) is 0 Å². The molecule has 0 heterocycles. The molecule has 0 unspecified atom stereocenters. The molecule has 136 valence electrons. The van der Waals surface area contributed by atoms with Crippen molar-refractivity contribution in [3.8, 4) is 0 Å². The van der Waals surface area contributed by atoms with Crippen molar-refractivity contribution in [2.24, 2.45) is 4.99 Å². The van der Waals surface area contributed by atoms with Gasteiger partial charge in [0.1, 0.15) is 0 Å². The van der Waals surface area contributed by atoms with Gasteiger partial charge in [0.25, 0.3) is 0 Å². The molecule has 0 aliphatic carbocycles. The monoisotopic (exact) mass is 486 g/mol. The fraction of sp³-hybridized carbons (Fsp3) is 0.500. The number of guanidine groups is 1. The molecule has 0 aliphatic heterocycles. The Kier molecular flexibility index (Phi) is 10.7. The van der Waals surface area contributed by atoms with Crippen LogP contribution in [0.2, 0.25) is 10.0 Å². The highest BCUT2D eigenvalue weighted by Gasteiger charge is 2.13. The van der Waals surface area contributed by atoms with E-state index in [0.29, 0.717) is 22.5 Å². The second-order valence-electron chi connectivity index (χ2n) is 6.18. The molecule has 1 amide bonds. The van der Waals surface area contributed by atoms with E-state index in [0.717, 1.165) is 12.0 Å². The third kappa shape index (κ3) is 10.2. The molecule has 0 bridgehead atoms. The van der Waals surface area contributed by atoms with E-state index in [1.165, 1.54) is 0 Å². The van der Waals surface area contributed by atoms with Gasteiger partial charge in [-0.3, -0.25) is 9.79 Å². The number of rotatable bonds is 5. The predicted molar refractivity (Wildman–Crippen MR) is 113 cm³/mol. The number of halogens is 3. The van der Waals surface area contributed by atoms with Crippen LogP contribution in [0.15, 0.2) is 23.2 Å². The molecule has 1 rings (SSSR count). The minimum Gasteiger partial charge on any atom is -0.356 e. The molecule has 0 aliphatic rings. The SMILES string of the molecule is CN=C(NCCc1cc(Cl)cc(Cl)c1)NCC(=O)NC(C)(C)C.I. The van der Waals surface area contributed by atoms with Crippen LogP contribution in [0.3, 0.4) is 0 Å². The van der Waals surface area contributed by atoms with E-state index in [4.69, 9.17) is 23.2 Å². The fourth-order valence-corrected chi connectivity index (χ4v) is 2.50. The smallest absolute Gasteiger partial charge is 0.239 e. The summed E-state index contributed by atoms with van der Waals surface area (Å²) < 4.78 is 0. The lowest BCUT2D eigenvalue weighted by Crippen LogP contribution is -2.48. The Balaban J connectivity index is 0.00000529. The average Bonchev–Trinajstić information content (AvgIpc) is 2.39. The van der Waals surface area contributed by atoms with Crippen molar-refractivity contribution >= 4 is 59.0 Å². The van der Waals surface area contributed by atoms with Crippen molar-refractivity contribution in [2.75, 3.05) is 20.1 Å². The Bertz CT molecular complexity index is 553. The summed E-state index contributed by atoms with van der Waals surface area (Å²) in [6.07, 6.45) is 0.745. The number of amides is 1. The minimum atomic E-state index is -0.248. The second kappa shape index (κ2) is 11.0. The van der Waals surface area contributed by atoms with Crippen LogP contribution in [0.1, 0.15) is 26.3 Å². The Morgan fingerprint density at radius 2 is 1.71 bits per heavy atom. The second-order valence-corrected chi connectivity index (χ2v) is 7.05. The van der Waals surface area contributed by atoms with Crippen molar-refractivity contribution < 1.29 is 4.79 Å². The Morgan fingerprint density at radius 3 is 2.21 bits per heavy atom. The third-order valence-corrected chi connectivity index (χ3v) is 3.22. The number of hydrogen-bond donors (Lipinski definition) is 3. The molecule has 0 atom stereocenters. The van der Waals surface area contributed by atoms with Gasteiger partial charge in [0.05, 0.1) is 6.54 Å². The topological polar surface area (TPSA) is 65.5 Å². The molecule has 8 heteroatoms. The predicted octanol–water partition coefficient (Wildman–Crippen LogP) is 3.23. The maximum absolute atomic E-state index is 11.8. The molecule has 0 saturated heterocycles. The van der Waals surface area contributed by atoms with Crippen LogP contribution >= 0.6 is 47.2 Å². The summed E-state index contributed by atoms with van der Waals surface area (Å²) in [7, 11) is 1.66. The Hall–Kier alpha value is -0.730. The standard InChI is InChI=1S/C16H24Cl2N4O.HI/c1-16(2,3)22-14(23)10-21-15(19-4)20-6-5-11-7-12(17)9-13(18)8-11;/h7-9H,5-6,10H2,1-4H3,(H,22,23)(H2,19,20,21);1H. The molecule has 0 spiro atoms. The largest absolute Gasteiger partial charge is 0.356 e. The van der Waals surface area contributed by atoms with Gasteiger partial charge in [-0.25, -0.2) is 0 Å². The van der Waals surface area contributed by atoms with Gasteiger partial charge >= 0.3 is 0 Å². The molecule has 0 fully saturated rings. The van der Waals surface area contributed by atoms with Crippen molar-refractivity contribution in [3.63, 3.8) is 0 Å². The van der Waals surface area contributed by atoms with Crippen molar-refractivity contribution in [1.82, 2.24) is 16.0 Å². The van der Waals surface area contributed by atoms with Crippen LogP contribution in [0, 0.1) is 0 Å². The molecular weight excluding hydrogens is 462 g/mol. The molecule has 0 saturated carbocycles. The van der Waals surface area contributed by atoms with E-state index in [9.17, 15) is 4.79 Å². The molecule has 1 aromatic rings. The average molecular weight is 487 g/mol. The number of carbonyl (C=O) groups is 1. The quantitative estimate of drug-likeness (QED) is 0.340. The van der Waals surface area contributed by atoms with Gasteiger partial charge < -0.3 is 16.0 Å². The van der Waals surface area contributed by atoms with Crippen molar-refractivity contribution in [3.05, 3.63) is 33.8 Å². The summed E-state index contributed by atoms with van der Waals surface area (Å²) in [5.41, 5.74) is 0.789. The summed E-state index contributed by atoms with van der Waals surface area (Å²) in [5.74, 6) is 0.490. The first-order valence-corrected chi connectivity index (χ1v) is 8.16. The number of nitrogens with one attached hydrogen (secondary N) is 3. The first kappa shape index (κ1) is 23.3. The maximum Gasteiger partial charge on any atom is 0.239 e. The van der Waals surface area contributed by atoms with Crippen molar-refractivity contribution in [1.29, 1.82) is 0 Å². The van der Waals surface area contributed by atoms with Gasteiger partial charge in [-0.05, 0) is 51.0 Å². The summed E-state index contributed by atoms with van der Waals surface area (Å²) in [4.78, 5) is 15.8. The highest BCUT2D eigenvalue weighted by Crippen LogP contribution is 2.19. The molecule has 3 N–H and O–H groups in total. The number of carbonyl (C=O) groups excluding carboxylic acids is 1. The zero-order valence-electron chi connectivity index (χ0n) is 14.4. The molecule has 0 radical (unpaired) electrons. The maximum atomic E-state index is 11.8. The summed E-state index contributed by atoms with van der Waals surface area (Å²) >= 11 is 11.9. The lowest BCUT2D eigenvalue weighted by Gasteiger charge is -2.21. The van der Waals surface area contributed by atoms with Crippen LogP contribution in [0.5, 0.6) is 0 Å². The Labute approximate surface area is 171 Å². The van der Waals surface area contributed by atoms with E-state index < -0.39 is 0 Å². The van der Waals surface area contributed by atoms with Gasteiger partial charge in [-0.15, -0.1) is 24.0 Å². The zero-order chi connectivity index (χ0) is 17.5. The van der Waals surface area contributed by atoms with Gasteiger partial charge in [0.15, 0.2) is 5.96 Å². The number of benzene rings is 1. The molecule has 1 aromatic carbocycles. The number of hydrogen-bond acceptors (Lipinski definition) is 2. The molecule has 5 nitrogen and oxygen atoms in total. The fourth-order valence-electron chi connectivity index (χ4n) is 1.93. The van der Waals surface area contributed by atoms with Crippen molar-refractivity contribution in [2.45, 2.75) is 32.7 Å². The summed E-state index contributed by atoms with van der Waals surface area (Å²) in [6, 6.07) is 5.46. The van der Waals surface area contributed by atoms with E-state index in [2.05, 4.69) is 20.9 Å². The normalized spacial score (nSPS) is 11.5. The third-order valence-electron chi connectivity index (χ3n) is 2.78. The Morgan fingerprint density at radius 1 is 1.12 bits per heavy atom.